The van der Waals surface area contributed by atoms with Gasteiger partial charge in [-0.3, -0.25) is 9.97 Å². The van der Waals surface area contributed by atoms with Crippen LogP contribution < -0.4 is 16.4 Å². The smallest absolute Gasteiger partial charge is 0.175 e. The number of nitrogens with zero attached hydrogens (tertiary/aromatic N) is 4. The summed E-state index contributed by atoms with van der Waals surface area (Å²) in [5, 5.41) is 0.965. The number of fused-ring (bicyclic) bond motifs is 1. The SMILES string of the molecule is CS(=O)(=O)c1cccc(-c2ccc(N)c(-c3cc4c(N5CCC[C@H](N)C5)ccnc4cn3)n2)c1. The molecule has 4 N–H and O–H groups in total. The Hall–Kier alpha value is -3.56. The predicted octanol–water partition coefficient (Wildman–Crippen LogP) is 3.27. The van der Waals surface area contributed by atoms with Gasteiger partial charge in [0, 0.05) is 48.2 Å². The van der Waals surface area contributed by atoms with Crippen molar-refractivity contribution < 1.29 is 8.42 Å². The molecular formula is C25H26N6O2S. The van der Waals surface area contributed by atoms with E-state index < -0.39 is 9.84 Å². The van der Waals surface area contributed by atoms with Crippen LogP contribution in [0.3, 0.4) is 0 Å². The third-order valence-corrected chi connectivity index (χ3v) is 7.24. The van der Waals surface area contributed by atoms with Crippen LogP contribution in [0.4, 0.5) is 11.4 Å². The topological polar surface area (TPSA) is 128 Å². The maximum Gasteiger partial charge on any atom is 0.175 e. The van der Waals surface area contributed by atoms with Gasteiger partial charge in [0.1, 0.15) is 5.69 Å². The zero-order chi connectivity index (χ0) is 23.9. The van der Waals surface area contributed by atoms with Crippen LogP contribution in [-0.4, -0.2) is 48.8 Å². The first-order valence-electron chi connectivity index (χ1n) is 11.1. The summed E-state index contributed by atoms with van der Waals surface area (Å²) in [6.45, 7) is 1.74. The second-order valence-electron chi connectivity index (χ2n) is 8.70. The first kappa shape index (κ1) is 22.2. The monoisotopic (exact) mass is 474 g/mol. The number of aromatic nitrogens is 3. The maximum atomic E-state index is 12.0. The van der Waals surface area contributed by atoms with Crippen molar-refractivity contribution in [3.8, 4) is 22.6 Å². The van der Waals surface area contributed by atoms with Gasteiger partial charge in [-0.05, 0) is 49.2 Å². The molecule has 1 aliphatic heterocycles. The first-order chi connectivity index (χ1) is 16.3. The van der Waals surface area contributed by atoms with E-state index in [2.05, 4.69) is 14.9 Å². The number of nitrogen functional groups attached to an aromatic ring is 1. The molecule has 5 rings (SSSR count). The molecule has 0 amide bonds. The molecule has 0 unspecified atom stereocenters. The highest BCUT2D eigenvalue weighted by atomic mass is 32.2. The number of nitrogens with two attached hydrogens (primary N) is 2. The molecule has 1 atom stereocenters. The third-order valence-electron chi connectivity index (χ3n) is 6.13. The third kappa shape index (κ3) is 4.32. The normalized spacial score (nSPS) is 16.6. The van der Waals surface area contributed by atoms with Crippen LogP contribution in [0.25, 0.3) is 33.5 Å². The molecule has 8 nitrogen and oxygen atoms in total. The predicted molar refractivity (Wildman–Crippen MR) is 135 cm³/mol. The Morgan fingerprint density at radius 1 is 1.06 bits per heavy atom. The Labute approximate surface area is 198 Å². The number of anilines is 2. The van der Waals surface area contributed by atoms with Gasteiger partial charge in [-0.2, -0.15) is 0 Å². The lowest BCUT2D eigenvalue weighted by molar-refractivity contribution is 0.507. The van der Waals surface area contributed by atoms with E-state index >= 15 is 0 Å². The van der Waals surface area contributed by atoms with Crippen LogP contribution >= 0.6 is 0 Å². The molecule has 1 fully saturated rings. The Kier molecular flexibility index (Phi) is 5.66. The van der Waals surface area contributed by atoms with E-state index in [0.717, 1.165) is 42.5 Å². The molecule has 3 aromatic heterocycles. The second kappa shape index (κ2) is 8.66. The summed E-state index contributed by atoms with van der Waals surface area (Å²) >= 11 is 0. The molecule has 4 heterocycles. The van der Waals surface area contributed by atoms with Crippen LogP contribution in [0.15, 0.2) is 65.8 Å². The molecule has 1 aliphatic rings. The van der Waals surface area contributed by atoms with Crippen molar-refractivity contribution in [3.63, 3.8) is 0 Å². The molecule has 174 valence electrons. The quantitative estimate of drug-likeness (QED) is 0.461. The number of rotatable bonds is 4. The van der Waals surface area contributed by atoms with Crippen LogP contribution in [0.1, 0.15) is 12.8 Å². The number of pyridine rings is 3. The fourth-order valence-electron chi connectivity index (χ4n) is 4.39. The van der Waals surface area contributed by atoms with Gasteiger partial charge in [0.05, 0.1) is 33.7 Å². The van der Waals surface area contributed by atoms with Crippen LogP contribution in [0.2, 0.25) is 0 Å². The molecule has 9 heteroatoms. The summed E-state index contributed by atoms with van der Waals surface area (Å²) in [5.41, 5.74) is 17.3. The number of hydrogen-bond donors (Lipinski definition) is 2. The van der Waals surface area contributed by atoms with Crippen molar-refractivity contribution in [3.05, 3.63) is 60.9 Å². The standard InChI is InChI=1S/C25H26N6O2S/c1-34(32,33)18-6-2-4-16(12-18)21-8-7-20(27)25(30-21)22-13-19-23(14-29-22)28-10-9-24(19)31-11-3-5-17(26)15-31/h2,4,6-10,12-14,17H,3,5,11,15,26-27H2,1H3/t17-/m0/s1. The molecule has 0 radical (unpaired) electrons. The summed E-state index contributed by atoms with van der Waals surface area (Å²) < 4.78 is 24.0. The minimum atomic E-state index is -3.33. The lowest BCUT2D eigenvalue weighted by Gasteiger charge is -2.33. The molecule has 4 aromatic rings. The van der Waals surface area contributed by atoms with Gasteiger partial charge < -0.3 is 16.4 Å². The highest BCUT2D eigenvalue weighted by Crippen LogP contribution is 2.33. The summed E-state index contributed by atoms with van der Waals surface area (Å²) in [4.78, 5) is 16.4. The van der Waals surface area contributed by atoms with E-state index in [9.17, 15) is 8.42 Å². The minimum Gasteiger partial charge on any atom is -0.397 e. The highest BCUT2D eigenvalue weighted by Gasteiger charge is 2.20. The Bertz CT molecular complexity index is 1490. The Balaban J connectivity index is 1.60. The van der Waals surface area contributed by atoms with E-state index in [0.29, 0.717) is 28.3 Å². The summed E-state index contributed by atoms with van der Waals surface area (Å²) in [6.07, 6.45) is 6.79. The molecule has 0 bridgehead atoms. The molecular weight excluding hydrogens is 448 g/mol. The second-order valence-corrected chi connectivity index (χ2v) is 10.7. The summed E-state index contributed by atoms with van der Waals surface area (Å²) in [7, 11) is -3.33. The van der Waals surface area contributed by atoms with E-state index in [-0.39, 0.29) is 10.9 Å². The Morgan fingerprint density at radius 3 is 2.71 bits per heavy atom. The highest BCUT2D eigenvalue weighted by molar-refractivity contribution is 7.90. The Morgan fingerprint density at radius 2 is 1.91 bits per heavy atom. The van der Waals surface area contributed by atoms with Gasteiger partial charge in [0.25, 0.3) is 0 Å². The molecule has 0 spiro atoms. The average molecular weight is 475 g/mol. The van der Waals surface area contributed by atoms with Gasteiger partial charge in [-0.15, -0.1) is 0 Å². The van der Waals surface area contributed by atoms with Crippen LogP contribution in [-0.2, 0) is 9.84 Å². The zero-order valence-electron chi connectivity index (χ0n) is 18.8. The maximum absolute atomic E-state index is 12.0. The number of piperidine rings is 1. The number of sulfone groups is 1. The van der Waals surface area contributed by atoms with Crippen molar-refractivity contribution in [2.45, 2.75) is 23.8 Å². The van der Waals surface area contributed by atoms with Gasteiger partial charge in [0.15, 0.2) is 9.84 Å². The molecule has 0 saturated carbocycles. The van der Waals surface area contributed by atoms with Gasteiger partial charge in [-0.25, -0.2) is 13.4 Å². The number of benzene rings is 1. The molecule has 1 saturated heterocycles. The molecule has 34 heavy (non-hydrogen) atoms. The van der Waals surface area contributed by atoms with Crippen LogP contribution in [0, 0.1) is 0 Å². The largest absolute Gasteiger partial charge is 0.397 e. The van der Waals surface area contributed by atoms with E-state index in [1.807, 2.05) is 18.2 Å². The van der Waals surface area contributed by atoms with E-state index in [1.54, 1.807) is 42.7 Å². The lowest BCUT2D eigenvalue weighted by atomic mass is 10.0. The zero-order valence-corrected chi connectivity index (χ0v) is 19.7. The van der Waals surface area contributed by atoms with Crippen molar-refractivity contribution in [2.24, 2.45) is 5.73 Å². The summed E-state index contributed by atoms with van der Waals surface area (Å²) in [5.74, 6) is 0. The summed E-state index contributed by atoms with van der Waals surface area (Å²) in [6, 6.07) is 14.4. The van der Waals surface area contributed by atoms with Crippen molar-refractivity contribution >= 4 is 32.1 Å². The van der Waals surface area contributed by atoms with Gasteiger partial charge >= 0.3 is 0 Å². The fourth-order valence-corrected chi connectivity index (χ4v) is 5.06. The van der Waals surface area contributed by atoms with Crippen molar-refractivity contribution in [1.29, 1.82) is 0 Å². The van der Waals surface area contributed by atoms with Gasteiger partial charge in [-0.1, -0.05) is 12.1 Å². The average Bonchev–Trinajstić information content (AvgIpc) is 2.83. The molecule has 1 aromatic carbocycles. The van der Waals surface area contributed by atoms with Gasteiger partial charge in [0.2, 0.25) is 0 Å². The fraction of sp³-hybridized carbons (Fsp3) is 0.240. The van der Waals surface area contributed by atoms with E-state index in [4.69, 9.17) is 16.5 Å². The van der Waals surface area contributed by atoms with E-state index in [1.165, 1.54) is 6.26 Å². The van der Waals surface area contributed by atoms with Crippen LogP contribution in [0.5, 0.6) is 0 Å². The molecule has 0 aliphatic carbocycles. The van der Waals surface area contributed by atoms with Crippen molar-refractivity contribution in [2.75, 3.05) is 30.0 Å². The first-order valence-corrected chi connectivity index (χ1v) is 13.0. The minimum absolute atomic E-state index is 0.148. The number of hydrogen-bond acceptors (Lipinski definition) is 8. The lowest BCUT2D eigenvalue weighted by Crippen LogP contribution is -2.42. The van der Waals surface area contributed by atoms with Crippen molar-refractivity contribution in [1.82, 2.24) is 15.0 Å².